The number of nitrogens with zero attached hydrogens (tertiary/aromatic N) is 2. The summed E-state index contributed by atoms with van der Waals surface area (Å²) in [6.07, 6.45) is 5.66. The Kier molecular flexibility index (Phi) is 3.84. The van der Waals surface area contributed by atoms with Crippen molar-refractivity contribution in [2.45, 2.75) is 30.7 Å². The zero-order valence-corrected chi connectivity index (χ0v) is 14.1. The van der Waals surface area contributed by atoms with Crippen LogP contribution >= 0.6 is 11.3 Å². The van der Waals surface area contributed by atoms with Crippen LogP contribution < -0.4 is 5.32 Å². The van der Waals surface area contributed by atoms with Gasteiger partial charge < -0.3 is 10.2 Å². The van der Waals surface area contributed by atoms with Crippen LogP contribution in [0.5, 0.6) is 0 Å². The van der Waals surface area contributed by atoms with Gasteiger partial charge in [0.15, 0.2) is 0 Å². The highest BCUT2D eigenvalue weighted by atomic mass is 32.1. The second-order valence-corrected chi connectivity index (χ2v) is 7.33. The maximum atomic E-state index is 12.5. The molecule has 1 atom stereocenters. The largest absolute Gasteiger partial charge is 0.350 e. The summed E-state index contributed by atoms with van der Waals surface area (Å²) >= 11 is 1.54. The molecule has 2 aliphatic heterocycles. The number of nitrogens with one attached hydrogen (secondary N) is 1. The third-order valence-corrected chi connectivity index (χ3v) is 5.95. The van der Waals surface area contributed by atoms with Gasteiger partial charge >= 0.3 is 0 Å². The Morgan fingerprint density at radius 1 is 1.25 bits per heavy atom. The van der Waals surface area contributed by atoms with Crippen LogP contribution in [0.1, 0.15) is 41.1 Å². The molecule has 4 heterocycles. The number of aromatic nitrogens is 1. The molecule has 2 aromatic heterocycles. The fourth-order valence-corrected chi connectivity index (χ4v) is 4.61. The van der Waals surface area contributed by atoms with Crippen LogP contribution in [0.15, 0.2) is 41.4 Å². The summed E-state index contributed by atoms with van der Waals surface area (Å²) < 4.78 is 0. The van der Waals surface area contributed by atoms with Crippen molar-refractivity contribution in [1.29, 1.82) is 0 Å². The zero-order chi connectivity index (χ0) is 16.6. The molecule has 0 bridgehead atoms. The Bertz CT molecular complexity index is 737. The minimum Gasteiger partial charge on any atom is -0.350 e. The van der Waals surface area contributed by atoms with Gasteiger partial charge in [0.2, 0.25) is 5.91 Å². The smallest absolute Gasteiger partial charge is 0.254 e. The molecular weight excluding hydrogens is 322 g/mol. The van der Waals surface area contributed by atoms with Gasteiger partial charge in [-0.15, -0.1) is 0 Å². The minimum absolute atomic E-state index is 0.0934. The van der Waals surface area contributed by atoms with Gasteiger partial charge in [0, 0.05) is 43.2 Å². The first-order valence-corrected chi connectivity index (χ1v) is 9.15. The van der Waals surface area contributed by atoms with E-state index in [1.165, 1.54) is 11.3 Å². The lowest BCUT2D eigenvalue weighted by molar-refractivity contribution is -0.120. The van der Waals surface area contributed by atoms with Crippen molar-refractivity contribution in [1.82, 2.24) is 15.2 Å². The molecule has 6 heteroatoms. The molecule has 1 spiro atoms. The number of pyridine rings is 1. The molecule has 1 N–H and O–H groups in total. The number of carbonyl (C=O) groups is 2. The van der Waals surface area contributed by atoms with E-state index in [9.17, 15) is 9.59 Å². The van der Waals surface area contributed by atoms with Crippen LogP contribution in [0.4, 0.5) is 0 Å². The molecule has 0 aromatic carbocycles. The van der Waals surface area contributed by atoms with Crippen molar-refractivity contribution in [2.24, 2.45) is 0 Å². The monoisotopic (exact) mass is 341 g/mol. The lowest BCUT2D eigenvalue weighted by Gasteiger charge is -2.43. The van der Waals surface area contributed by atoms with Crippen LogP contribution in [-0.2, 0) is 4.79 Å². The maximum Gasteiger partial charge on any atom is 0.254 e. The molecule has 0 saturated carbocycles. The Morgan fingerprint density at radius 3 is 2.67 bits per heavy atom. The number of thiophene rings is 1. The molecule has 24 heavy (non-hydrogen) atoms. The van der Waals surface area contributed by atoms with Crippen LogP contribution in [-0.4, -0.2) is 40.3 Å². The van der Waals surface area contributed by atoms with E-state index in [-0.39, 0.29) is 23.3 Å². The SMILES string of the molecule is O=C1CC(c2ccncc2)C2(CCN(C(=O)c3ccsc3)CC2)N1. The van der Waals surface area contributed by atoms with E-state index in [2.05, 4.69) is 10.3 Å². The van der Waals surface area contributed by atoms with E-state index in [0.717, 1.165) is 24.0 Å². The van der Waals surface area contributed by atoms with Crippen molar-refractivity contribution in [3.8, 4) is 0 Å². The van der Waals surface area contributed by atoms with Gasteiger partial charge in [-0.05, 0) is 42.0 Å². The molecule has 1 unspecified atom stereocenters. The van der Waals surface area contributed by atoms with Crippen LogP contribution in [0.2, 0.25) is 0 Å². The van der Waals surface area contributed by atoms with Crippen molar-refractivity contribution >= 4 is 23.2 Å². The van der Waals surface area contributed by atoms with Crippen molar-refractivity contribution < 1.29 is 9.59 Å². The number of carbonyl (C=O) groups excluding carboxylic acids is 2. The normalized spacial score (nSPS) is 22.6. The molecule has 0 radical (unpaired) electrons. The highest BCUT2D eigenvalue weighted by Crippen LogP contribution is 2.43. The third kappa shape index (κ3) is 2.60. The molecule has 2 saturated heterocycles. The molecule has 2 aromatic rings. The molecule has 5 nitrogen and oxygen atoms in total. The second kappa shape index (κ2) is 6.02. The maximum absolute atomic E-state index is 12.5. The van der Waals surface area contributed by atoms with Gasteiger partial charge in [-0.2, -0.15) is 11.3 Å². The first-order valence-electron chi connectivity index (χ1n) is 8.20. The summed E-state index contributed by atoms with van der Waals surface area (Å²) in [5.41, 5.74) is 1.68. The van der Waals surface area contributed by atoms with Crippen LogP contribution in [0.25, 0.3) is 0 Å². The van der Waals surface area contributed by atoms with E-state index in [4.69, 9.17) is 0 Å². The molecule has 124 valence electrons. The molecule has 0 aliphatic carbocycles. The summed E-state index contributed by atoms with van der Waals surface area (Å²) in [5.74, 6) is 0.358. The highest BCUT2D eigenvalue weighted by molar-refractivity contribution is 7.08. The molecule has 4 rings (SSSR count). The minimum atomic E-state index is -0.232. The summed E-state index contributed by atoms with van der Waals surface area (Å²) in [5, 5.41) is 7.04. The number of amides is 2. The lowest BCUT2D eigenvalue weighted by atomic mass is 9.74. The Balaban J connectivity index is 1.52. The van der Waals surface area contributed by atoms with Gasteiger partial charge in [0.05, 0.1) is 11.1 Å². The first kappa shape index (κ1) is 15.3. The molecule has 2 aliphatic rings. The fourth-order valence-electron chi connectivity index (χ4n) is 3.98. The average molecular weight is 341 g/mol. The summed E-state index contributed by atoms with van der Waals surface area (Å²) in [7, 11) is 0. The van der Waals surface area contributed by atoms with E-state index in [1.807, 2.05) is 33.9 Å². The van der Waals surface area contributed by atoms with E-state index in [1.54, 1.807) is 12.4 Å². The van der Waals surface area contributed by atoms with Crippen molar-refractivity contribution in [3.63, 3.8) is 0 Å². The average Bonchev–Trinajstić information content (AvgIpc) is 3.24. The van der Waals surface area contributed by atoms with Gasteiger partial charge in [-0.1, -0.05) is 0 Å². The molecular formula is C18H19N3O2S. The van der Waals surface area contributed by atoms with Gasteiger partial charge in [0.1, 0.15) is 0 Å². The van der Waals surface area contributed by atoms with Crippen molar-refractivity contribution in [3.05, 3.63) is 52.5 Å². The van der Waals surface area contributed by atoms with E-state index >= 15 is 0 Å². The van der Waals surface area contributed by atoms with Crippen LogP contribution in [0, 0.1) is 0 Å². The van der Waals surface area contributed by atoms with E-state index < -0.39 is 0 Å². The quantitative estimate of drug-likeness (QED) is 0.912. The number of hydrogen-bond donors (Lipinski definition) is 1. The Labute approximate surface area is 144 Å². The van der Waals surface area contributed by atoms with Gasteiger partial charge in [-0.25, -0.2) is 0 Å². The summed E-state index contributed by atoms with van der Waals surface area (Å²) in [6.45, 7) is 1.35. The standard InChI is InChI=1S/C18H19N3O2S/c22-16-11-15(13-1-6-19-7-2-13)18(20-16)4-8-21(9-5-18)17(23)14-3-10-24-12-14/h1-3,6-7,10,12,15H,4-5,8-9,11H2,(H,20,22). The second-order valence-electron chi connectivity index (χ2n) is 6.55. The lowest BCUT2D eigenvalue weighted by Crippen LogP contribution is -2.54. The highest BCUT2D eigenvalue weighted by Gasteiger charge is 2.49. The Morgan fingerprint density at radius 2 is 2.00 bits per heavy atom. The van der Waals surface area contributed by atoms with Gasteiger partial charge in [-0.3, -0.25) is 14.6 Å². The first-order chi connectivity index (χ1) is 11.7. The Hall–Kier alpha value is -2.21. The van der Waals surface area contributed by atoms with E-state index in [0.29, 0.717) is 19.5 Å². The number of hydrogen-bond acceptors (Lipinski definition) is 4. The van der Waals surface area contributed by atoms with Gasteiger partial charge in [0.25, 0.3) is 5.91 Å². The predicted molar refractivity (Wildman–Crippen MR) is 91.9 cm³/mol. The topological polar surface area (TPSA) is 62.3 Å². The number of piperidine rings is 1. The summed E-state index contributed by atoms with van der Waals surface area (Å²) in [6, 6.07) is 5.86. The summed E-state index contributed by atoms with van der Waals surface area (Å²) in [4.78, 5) is 30.6. The van der Waals surface area contributed by atoms with Crippen molar-refractivity contribution in [2.75, 3.05) is 13.1 Å². The zero-order valence-electron chi connectivity index (χ0n) is 13.3. The number of rotatable bonds is 2. The van der Waals surface area contributed by atoms with Crippen LogP contribution in [0.3, 0.4) is 0 Å². The molecule has 2 amide bonds. The number of likely N-dealkylation sites (tertiary alicyclic amines) is 1. The fraction of sp³-hybridized carbons (Fsp3) is 0.389. The third-order valence-electron chi connectivity index (χ3n) is 5.26. The molecule has 2 fully saturated rings. The predicted octanol–water partition coefficient (Wildman–Crippen LogP) is 2.42.